The lowest BCUT2D eigenvalue weighted by Gasteiger charge is -2.14. The van der Waals surface area contributed by atoms with Crippen LogP contribution in [0.3, 0.4) is 0 Å². The van der Waals surface area contributed by atoms with Crippen molar-refractivity contribution < 1.29 is 22.8 Å². The molecule has 0 aliphatic heterocycles. The molecule has 0 saturated heterocycles. The predicted octanol–water partition coefficient (Wildman–Crippen LogP) is 4.76. The molecule has 0 radical (unpaired) electrons. The number of hydrogen-bond acceptors (Lipinski definition) is 5. The monoisotopic (exact) mass is 476 g/mol. The lowest BCUT2D eigenvalue weighted by Crippen LogP contribution is -2.08. The van der Waals surface area contributed by atoms with Crippen molar-refractivity contribution in [3.8, 4) is 5.75 Å². The van der Waals surface area contributed by atoms with E-state index in [2.05, 4.69) is 30.4 Å². The summed E-state index contributed by atoms with van der Waals surface area (Å²) in [7, 11) is -5.04. The highest BCUT2D eigenvalue weighted by Crippen LogP contribution is 2.50. The molecule has 0 amide bonds. The van der Waals surface area contributed by atoms with E-state index in [0.717, 1.165) is 5.56 Å². The van der Waals surface area contributed by atoms with E-state index in [1.54, 1.807) is 36.4 Å². The number of H-pyrrole nitrogens is 1. The second-order valence-electron chi connectivity index (χ2n) is 5.37. The zero-order valence-corrected chi connectivity index (χ0v) is 16.7. The van der Waals surface area contributed by atoms with Gasteiger partial charge in [0.2, 0.25) is 0 Å². The Bertz CT molecular complexity index is 1100. The van der Waals surface area contributed by atoms with Crippen molar-refractivity contribution in [1.82, 2.24) is 9.97 Å². The van der Waals surface area contributed by atoms with E-state index in [1.807, 2.05) is 0 Å². The first kappa shape index (κ1) is 20.0. The SMILES string of the molecule is O=c1[nH]c(SCc2ccc(OP(=O)(O)C(F)F)c(Br)c2)nc2ccccc12. The Morgan fingerprint density at radius 3 is 2.74 bits per heavy atom. The van der Waals surface area contributed by atoms with Gasteiger partial charge in [-0.2, -0.15) is 8.78 Å². The summed E-state index contributed by atoms with van der Waals surface area (Å²) in [5.41, 5.74) is 1.11. The van der Waals surface area contributed by atoms with E-state index in [-0.39, 0.29) is 15.8 Å². The number of benzene rings is 2. The first-order valence-electron chi connectivity index (χ1n) is 7.47. The minimum absolute atomic E-state index is 0.160. The molecule has 0 saturated carbocycles. The summed E-state index contributed by atoms with van der Waals surface area (Å²) in [4.78, 5) is 28.2. The summed E-state index contributed by atoms with van der Waals surface area (Å²) in [6.45, 7) is 0. The summed E-state index contributed by atoms with van der Waals surface area (Å²) in [6.07, 6.45) is -3.49. The molecule has 142 valence electrons. The van der Waals surface area contributed by atoms with Crippen LogP contribution in [-0.4, -0.2) is 21.0 Å². The van der Waals surface area contributed by atoms with Crippen LogP contribution in [0, 0.1) is 0 Å². The molecule has 3 aromatic rings. The number of fused-ring (bicyclic) bond motifs is 1. The molecule has 27 heavy (non-hydrogen) atoms. The Hall–Kier alpha value is -1.74. The minimum Gasteiger partial charge on any atom is -0.420 e. The number of hydrogen-bond donors (Lipinski definition) is 2. The number of nitrogens with zero attached hydrogens (tertiary/aromatic N) is 1. The third-order valence-electron chi connectivity index (χ3n) is 3.44. The number of rotatable bonds is 6. The molecule has 3 rings (SSSR count). The normalized spacial score (nSPS) is 13.7. The Morgan fingerprint density at radius 1 is 1.30 bits per heavy atom. The second-order valence-corrected chi connectivity index (χ2v) is 8.89. The molecule has 0 aliphatic carbocycles. The van der Waals surface area contributed by atoms with Crippen LogP contribution in [0.4, 0.5) is 8.78 Å². The van der Waals surface area contributed by atoms with Crippen LogP contribution in [0.2, 0.25) is 0 Å². The predicted molar refractivity (Wildman–Crippen MR) is 103 cm³/mol. The average Bonchev–Trinajstić information content (AvgIpc) is 2.62. The third-order valence-corrected chi connectivity index (χ3v) is 5.95. The molecule has 0 bridgehead atoms. The standard InChI is InChI=1S/C16H12BrF2N2O4PS/c17-11-7-9(5-6-13(11)25-26(23,24)15(18)19)8-27-16-20-12-4-2-1-3-10(12)14(22)21-16/h1-7,15H,8H2,(H,23,24)(H,20,21,22). The lowest BCUT2D eigenvalue weighted by molar-refractivity contribution is 0.188. The van der Waals surface area contributed by atoms with Crippen LogP contribution < -0.4 is 10.1 Å². The van der Waals surface area contributed by atoms with Crippen molar-refractivity contribution in [2.45, 2.75) is 17.1 Å². The van der Waals surface area contributed by atoms with Gasteiger partial charge in [-0.15, -0.1) is 0 Å². The largest absolute Gasteiger partial charge is 0.442 e. The van der Waals surface area contributed by atoms with E-state index in [0.29, 0.717) is 21.8 Å². The summed E-state index contributed by atoms with van der Waals surface area (Å²) >= 11 is 4.42. The lowest BCUT2D eigenvalue weighted by atomic mass is 10.2. The molecule has 0 aliphatic rings. The van der Waals surface area contributed by atoms with Crippen LogP contribution >= 0.6 is 35.3 Å². The third kappa shape index (κ3) is 4.76. The molecule has 2 N–H and O–H groups in total. The fourth-order valence-electron chi connectivity index (χ4n) is 2.17. The molecule has 11 heteroatoms. The number of aromatic nitrogens is 2. The number of halogens is 3. The highest BCUT2D eigenvalue weighted by Gasteiger charge is 2.34. The number of thioether (sulfide) groups is 1. The highest BCUT2D eigenvalue weighted by atomic mass is 79.9. The molecule has 1 unspecified atom stereocenters. The zero-order chi connectivity index (χ0) is 19.6. The Labute approximate surface area is 164 Å². The maximum atomic E-state index is 12.5. The van der Waals surface area contributed by atoms with Gasteiger partial charge < -0.3 is 14.4 Å². The average molecular weight is 477 g/mol. The van der Waals surface area contributed by atoms with Gasteiger partial charge in [0.05, 0.1) is 15.4 Å². The molecule has 0 fully saturated rings. The van der Waals surface area contributed by atoms with Crippen molar-refractivity contribution in [3.05, 3.63) is 62.9 Å². The molecule has 1 aromatic heterocycles. The molecule has 1 atom stereocenters. The van der Waals surface area contributed by atoms with Crippen molar-refractivity contribution in [3.63, 3.8) is 0 Å². The first-order chi connectivity index (χ1) is 12.8. The van der Waals surface area contributed by atoms with Crippen molar-refractivity contribution >= 4 is 46.2 Å². The van der Waals surface area contributed by atoms with Gasteiger partial charge in [0.25, 0.3) is 5.56 Å². The van der Waals surface area contributed by atoms with E-state index in [9.17, 15) is 18.1 Å². The smallest absolute Gasteiger partial charge is 0.420 e. The summed E-state index contributed by atoms with van der Waals surface area (Å²) in [5.74, 6) is 0.262. The molecule has 6 nitrogen and oxygen atoms in total. The number of para-hydroxylation sites is 1. The maximum absolute atomic E-state index is 12.5. The maximum Gasteiger partial charge on any atom is 0.442 e. The van der Waals surface area contributed by atoms with Gasteiger partial charge in [-0.05, 0) is 45.8 Å². The Kier molecular flexibility index (Phi) is 6.00. The van der Waals surface area contributed by atoms with Crippen molar-refractivity contribution in [1.29, 1.82) is 0 Å². The second kappa shape index (κ2) is 8.10. The fourth-order valence-corrected chi connectivity index (χ4v) is 4.14. The van der Waals surface area contributed by atoms with Gasteiger partial charge in [-0.3, -0.25) is 4.79 Å². The van der Waals surface area contributed by atoms with Crippen molar-refractivity contribution in [2.24, 2.45) is 0 Å². The summed E-state index contributed by atoms with van der Waals surface area (Å²) in [6, 6.07) is 11.4. The van der Waals surface area contributed by atoms with Gasteiger partial charge in [0.15, 0.2) is 5.16 Å². The first-order valence-corrected chi connectivity index (χ1v) is 10.9. The quantitative estimate of drug-likeness (QED) is 0.302. The van der Waals surface area contributed by atoms with Gasteiger partial charge in [0.1, 0.15) is 5.75 Å². The minimum atomic E-state index is -5.04. The Balaban J connectivity index is 1.75. The summed E-state index contributed by atoms with van der Waals surface area (Å²) in [5, 5.41) is 0.936. The van der Waals surface area contributed by atoms with Crippen LogP contribution in [0.25, 0.3) is 10.9 Å². The summed E-state index contributed by atoms with van der Waals surface area (Å²) < 4.78 is 41.0. The molecule has 1 heterocycles. The zero-order valence-electron chi connectivity index (χ0n) is 13.4. The number of aromatic amines is 1. The van der Waals surface area contributed by atoms with E-state index < -0.39 is 13.8 Å². The van der Waals surface area contributed by atoms with Gasteiger partial charge >= 0.3 is 13.8 Å². The van der Waals surface area contributed by atoms with Crippen molar-refractivity contribution in [2.75, 3.05) is 0 Å². The van der Waals surface area contributed by atoms with Crippen LogP contribution in [0.1, 0.15) is 5.56 Å². The fraction of sp³-hybridized carbons (Fsp3) is 0.125. The van der Waals surface area contributed by atoms with Gasteiger partial charge in [-0.25, -0.2) is 9.55 Å². The van der Waals surface area contributed by atoms with Crippen LogP contribution in [-0.2, 0) is 10.3 Å². The number of alkyl halides is 2. The molecule has 2 aromatic carbocycles. The molecular weight excluding hydrogens is 465 g/mol. The topological polar surface area (TPSA) is 92.3 Å². The van der Waals surface area contributed by atoms with E-state index in [1.165, 1.54) is 17.8 Å². The van der Waals surface area contributed by atoms with E-state index in [4.69, 9.17) is 4.89 Å². The van der Waals surface area contributed by atoms with Crippen LogP contribution in [0.15, 0.2) is 56.9 Å². The van der Waals surface area contributed by atoms with E-state index >= 15 is 0 Å². The van der Waals surface area contributed by atoms with Crippen LogP contribution in [0.5, 0.6) is 5.75 Å². The molecular formula is C16H12BrF2N2O4PS. The molecule has 0 spiro atoms. The van der Waals surface area contributed by atoms with Gasteiger partial charge in [0, 0.05) is 5.75 Å². The van der Waals surface area contributed by atoms with Gasteiger partial charge in [-0.1, -0.05) is 30.0 Å². The Morgan fingerprint density at radius 2 is 2.04 bits per heavy atom. The highest BCUT2D eigenvalue weighted by molar-refractivity contribution is 9.10. The number of nitrogens with one attached hydrogen (secondary N) is 1.